The number of hydrogen-bond donors (Lipinski definition) is 1. The van der Waals surface area contributed by atoms with E-state index in [0.29, 0.717) is 31.7 Å². The number of carbonyl (C=O) groups is 2. The van der Waals surface area contributed by atoms with E-state index in [1.807, 2.05) is 79.7 Å². The molecule has 0 aliphatic heterocycles. The van der Waals surface area contributed by atoms with Gasteiger partial charge in [0.2, 0.25) is 11.8 Å². The predicted octanol–water partition coefficient (Wildman–Crippen LogP) is 6.24. The second-order valence-electron chi connectivity index (χ2n) is 8.44. The van der Waals surface area contributed by atoms with Gasteiger partial charge in [0.05, 0.1) is 0 Å². The quantitative estimate of drug-likeness (QED) is 0.255. The summed E-state index contributed by atoms with van der Waals surface area (Å²) in [6.45, 7) is 3.01. The molecule has 1 atom stereocenters. The summed E-state index contributed by atoms with van der Waals surface area (Å²) in [7, 11) is 0. The van der Waals surface area contributed by atoms with Crippen LogP contribution in [-0.4, -0.2) is 35.1 Å². The van der Waals surface area contributed by atoms with E-state index in [4.69, 9.17) is 0 Å². The maximum atomic E-state index is 13.6. The molecule has 0 bridgehead atoms. The summed E-state index contributed by atoms with van der Waals surface area (Å²) < 4.78 is 0.954. The first-order valence-electron chi connectivity index (χ1n) is 12.0. The number of benzene rings is 3. The van der Waals surface area contributed by atoms with Gasteiger partial charge in [0.25, 0.3) is 0 Å². The molecule has 0 saturated heterocycles. The highest BCUT2D eigenvalue weighted by molar-refractivity contribution is 9.10. The van der Waals surface area contributed by atoms with Gasteiger partial charge in [0, 0.05) is 41.9 Å². The molecule has 0 aromatic heterocycles. The van der Waals surface area contributed by atoms with Crippen molar-refractivity contribution in [2.45, 2.75) is 44.5 Å². The third-order valence-corrected chi connectivity index (χ3v) is 7.16. The molecule has 0 fully saturated rings. The van der Waals surface area contributed by atoms with Crippen molar-refractivity contribution < 1.29 is 9.59 Å². The average Bonchev–Trinajstić information content (AvgIpc) is 2.88. The molecule has 0 saturated carbocycles. The number of hydrogen-bond acceptors (Lipinski definition) is 3. The average molecular weight is 554 g/mol. The lowest BCUT2D eigenvalue weighted by atomic mass is 10.0. The molecule has 0 heterocycles. The van der Waals surface area contributed by atoms with Gasteiger partial charge in [-0.2, -0.15) is 11.8 Å². The molecule has 35 heavy (non-hydrogen) atoms. The SMILES string of the molecule is CCCNC(=O)[C@H](Cc1ccccc1)N(Cc1cccc(Br)c1)C(=O)CCSCc1ccccc1. The van der Waals surface area contributed by atoms with E-state index in [1.165, 1.54) is 5.56 Å². The van der Waals surface area contributed by atoms with Crippen molar-refractivity contribution in [3.8, 4) is 0 Å². The van der Waals surface area contributed by atoms with Gasteiger partial charge in [-0.3, -0.25) is 9.59 Å². The Morgan fingerprint density at radius 3 is 2.23 bits per heavy atom. The van der Waals surface area contributed by atoms with Crippen LogP contribution in [0.1, 0.15) is 36.5 Å². The van der Waals surface area contributed by atoms with Crippen LogP contribution >= 0.6 is 27.7 Å². The van der Waals surface area contributed by atoms with Crippen molar-refractivity contribution in [2.24, 2.45) is 0 Å². The van der Waals surface area contributed by atoms with Crippen molar-refractivity contribution in [1.29, 1.82) is 0 Å². The molecule has 184 valence electrons. The topological polar surface area (TPSA) is 49.4 Å². The summed E-state index contributed by atoms with van der Waals surface area (Å²) in [4.78, 5) is 28.6. The highest BCUT2D eigenvalue weighted by Gasteiger charge is 2.30. The maximum absolute atomic E-state index is 13.6. The first-order valence-corrected chi connectivity index (χ1v) is 14.0. The molecule has 3 aromatic carbocycles. The smallest absolute Gasteiger partial charge is 0.243 e. The van der Waals surface area contributed by atoms with Gasteiger partial charge in [-0.1, -0.05) is 95.7 Å². The van der Waals surface area contributed by atoms with E-state index >= 15 is 0 Å². The molecule has 3 aromatic rings. The number of carbonyl (C=O) groups excluding carboxylic acids is 2. The van der Waals surface area contributed by atoms with Crippen LogP contribution in [0, 0.1) is 0 Å². The van der Waals surface area contributed by atoms with E-state index in [1.54, 1.807) is 16.7 Å². The molecule has 1 N–H and O–H groups in total. The van der Waals surface area contributed by atoms with Crippen LogP contribution in [0.4, 0.5) is 0 Å². The monoisotopic (exact) mass is 552 g/mol. The molecule has 0 aliphatic carbocycles. The van der Waals surface area contributed by atoms with Gasteiger partial charge in [0.15, 0.2) is 0 Å². The Kier molecular flexibility index (Phi) is 11.4. The Morgan fingerprint density at radius 1 is 0.914 bits per heavy atom. The number of rotatable bonds is 13. The summed E-state index contributed by atoms with van der Waals surface area (Å²) in [6.07, 6.45) is 1.71. The van der Waals surface area contributed by atoms with E-state index in [-0.39, 0.29) is 11.8 Å². The van der Waals surface area contributed by atoms with Crippen LogP contribution in [0.25, 0.3) is 0 Å². The minimum absolute atomic E-state index is 0.00174. The standard InChI is InChI=1S/C29H33BrN2O2S/c1-2-17-31-29(34)27(20-23-10-5-3-6-11-23)32(21-25-14-9-15-26(30)19-25)28(33)16-18-35-22-24-12-7-4-8-13-24/h3-15,19,27H,2,16-18,20-22H2,1H3,(H,31,34)/t27-/m0/s1. The lowest BCUT2D eigenvalue weighted by Crippen LogP contribution is -2.50. The number of nitrogens with zero attached hydrogens (tertiary/aromatic N) is 1. The first kappa shape index (κ1) is 27.0. The van der Waals surface area contributed by atoms with Gasteiger partial charge in [-0.05, 0) is 35.2 Å². The lowest BCUT2D eigenvalue weighted by molar-refractivity contribution is -0.141. The Balaban J connectivity index is 1.78. The second-order valence-corrected chi connectivity index (χ2v) is 10.5. The van der Waals surface area contributed by atoms with Crippen LogP contribution in [0.5, 0.6) is 0 Å². The van der Waals surface area contributed by atoms with Gasteiger partial charge < -0.3 is 10.2 Å². The zero-order valence-electron chi connectivity index (χ0n) is 20.2. The van der Waals surface area contributed by atoms with Crippen LogP contribution in [-0.2, 0) is 28.3 Å². The molecule has 4 nitrogen and oxygen atoms in total. The molecule has 0 aliphatic rings. The van der Waals surface area contributed by atoms with Crippen LogP contribution in [0.3, 0.4) is 0 Å². The summed E-state index contributed by atoms with van der Waals surface area (Å²) in [5, 5.41) is 3.03. The lowest BCUT2D eigenvalue weighted by Gasteiger charge is -2.31. The third kappa shape index (κ3) is 9.19. The van der Waals surface area contributed by atoms with Crippen molar-refractivity contribution in [2.75, 3.05) is 12.3 Å². The van der Waals surface area contributed by atoms with Crippen molar-refractivity contribution >= 4 is 39.5 Å². The zero-order valence-corrected chi connectivity index (χ0v) is 22.6. The number of amides is 2. The number of nitrogens with one attached hydrogen (secondary N) is 1. The minimum Gasteiger partial charge on any atom is -0.354 e. The Morgan fingerprint density at radius 2 is 1.57 bits per heavy atom. The molecule has 0 unspecified atom stereocenters. The largest absolute Gasteiger partial charge is 0.354 e. The fraction of sp³-hybridized carbons (Fsp3) is 0.310. The van der Waals surface area contributed by atoms with Gasteiger partial charge in [-0.25, -0.2) is 0 Å². The molecule has 0 spiro atoms. The second kappa shape index (κ2) is 14.7. The normalized spacial score (nSPS) is 11.6. The fourth-order valence-corrected chi connectivity index (χ4v) is 5.16. The van der Waals surface area contributed by atoms with Crippen LogP contribution in [0.15, 0.2) is 89.4 Å². The van der Waals surface area contributed by atoms with Gasteiger partial charge >= 0.3 is 0 Å². The maximum Gasteiger partial charge on any atom is 0.243 e. The summed E-state index contributed by atoms with van der Waals surface area (Å²) >= 11 is 5.27. The minimum atomic E-state index is -0.574. The molecular formula is C29H33BrN2O2S. The highest BCUT2D eigenvalue weighted by atomic mass is 79.9. The Labute approximate surface area is 221 Å². The zero-order chi connectivity index (χ0) is 24.9. The van der Waals surface area contributed by atoms with E-state index in [0.717, 1.165) is 27.8 Å². The number of thioether (sulfide) groups is 1. The first-order chi connectivity index (χ1) is 17.1. The van der Waals surface area contributed by atoms with Crippen molar-refractivity contribution in [1.82, 2.24) is 10.2 Å². The summed E-state index contributed by atoms with van der Waals surface area (Å²) in [6, 6.07) is 27.5. The van der Waals surface area contributed by atoms with Gasteiger partial charge in [0.1, 0.15) is 6.04 Å². The molecular weight excluding hydrogens is 520 g/mol. The van der Waals surface area contributed by atoms with E-state index in [2.05, 4.69) is 33.4 Å². The molecule has 0 radical (unpaired) electrons. The Hall–Kier alpha value is -2.57. The molecule has 3 rings (SSSR count). The van der Waals surface area contributed by atoms with Crippen molar-refractivity contribution in [3.05, 3.63) is 106 Å². The predicted molar refractivity (Wildman–Crippen MR) is 149 cm³/mol. The van der Waals surface area contributed by atoms with Crippen LogP contribution < -0.4 is 5.32 Å². The third-order valence-electron chi connectivity index (χ3n) is 5.63. The molecule has 2 amide bonds. The van der Waals surface area contributed by atoms with E-state index < -0.39 is 6.04 Å². The number of halogens is 1. The van der Waals surface area contributed by atoms with E-state index in [9.17, 15) is 9.59 Å². The molecule has 6 heteroatoms. The Bertz CT molecular complexity index is 1060. The van der Waals surface area contributed by atoms with Gasteiger partial charge in [-0.15, -0.1) is 0 Å². The summed E-state index contributed by atoms with van der Waals surface area (Å²) in [5.41, 5.74) is 3.28. The fourth-order valence-electron chi connectivity index (χ4n) is 3.82. The van der Waals surface area contributed by atoms with Crippen LogP contribution in [0.2, 0.25) is 0 Å². The summed E-state index contributed by atoms with van der Waals surface area (Å²) in [5.74, 6) is 1.47. The highest BCUT2D eigenvalue weighted by Crippen LogP contribution is 2.20. The van der Waals surface area contributed by atoms with Crippen molar-refractivity contribution in [3.63, 3.8) is 0 Å².